The van der Waals surface area contributed by atoms with Gasteiger partial charge in [0.15, 0.2) is 0 Å². The third kappa shape index (κ3) is 4.40. The first-order chi connectivity index (χ1) is 8.56. The highest BCUT2D eigenvalue weighted by atomic mass is 16.5. The van der Waals surface area contributed by atoms with E-state index in [2.05, 4.69) is 25.2 Å². The molecular formula is C15H23NO2. The standard InChI is InChI=1S/C15H23NO2/c1-11(2)8-13(10-15(17)16-3)12-6-5-7-14(9-12)18-4/h5-7,9,11,13H,8,10H2,1-4H3,(H,16,17). The summed E-state index contributed by atoms with van der Waals surface area (Å²) in [4.78, 5) is 11.6. The molecule has 1 rings (SSSR count). The summed E-state index contributed by atoms with van der Waals surface area (Å²) in [5, 5.41) is 2.70. The van der Waals surface area contributed by atoms with Gasteiger partial charge in [-0.3, -0.25) is 4.79 Å². The van der Waals surface area contributed by atoms with Crippen LogP contribution >= 0.6 is 0 Å². The number of nitrogens with one attached hydrogen (secondary N) is 1. The Bertz CT molecular complexity index is 388. The van der Waals surface area contributed by atoms with Gasteiger partial charge in [-0.1, -0.05) is 26.0 Å². The van der Waals surface area contributed by atoms with Crippen molar-refractivity contribution in [2.75, 3.05) is 14.2 Å². The van der Waals surface area contributed by atoms with Crippen molar-refractivity contribution in [3.8, 4) is 5.75 Å². The summed E-state index contributed by atoms with van der Waals surface area (Å²) < 4.78 is 5.24. The number of hydrogen-bond donors (Lipinski definition) is 1. The Morgan fingerprint density at radius 1 is 1.39 bits per heavy atom. The summed E-state index contributed by atoms with van der Waals surface area (Å²) in [6.45, 7) is 4.36. The molecule has 0 radical (unpaired) electrons. The quantitative estimate of drug-likeness (QED) is 0.841. The van der Waals surface area contributed by atoms with Gasteiger partial charge in [0.25, 0.3) is 0 Å². The number of carbonyl (C=O) groups is 1. The van der Waals surface area contributed by atoms with Gasteiger partial charge in [0.2, 0.25) is 5.91 Å². The molecule has 1 amide bonds. The predicted octanol–water partition coefficient (Wildman–Crippen LogP) is 2.96. The first kappa shape index (κ1) is 14.6. The second-order valence-electron chi connectivity index (χ2n) is 4.98. The van der Waals surface area contributed by atoms with Crippen LogP contribution in [0.5, 0.6) is 5.75 Å². The summed E-state index contributed by atoms with van der Waals surface area (Å²) in [5.41, 5.74) is 1.17. The van der Waals surface area contributed by atoms with Crippen LogP contribution in [0.3, 0.4) is 0 Å². The minimum absolute atomic E-state index is 0.0865. The highest BCUT2D eigenvalue weighted by molar-refractivity contribution is 5.76. The fourth-order valence-corrected chi connectivity index (χ4v) is 2.13. The molecule has 1 aromatic carbocycles. The minimum atomic E-state index is 0.0865. The van der Waals surface area contributed by atoms with E-state index in [1.54, 1.807) is 14.2 Å². The Morgan fingerprint density at radius 3 is 2.67 bits per heavy atom. The van der Waals surface area contributed by atoms with Crippen LogP contribution in [-0.4, -0.2) is 20.1 Å². The van der Waals surface area contributed by atoms with E-state index in [-0.39, 0.29) is 11.8 Å². The van der Waals surface area contributed by atoms with Crippen LogP contribution in [0.4, 0.5) is 0 Å². The minimum Gasteiger partial charge on any atom is -0.497 e. The van der Waals surface area contributed by atoms with Crippen LogP contribution in [0.15, 0.2) is 24.3 Å². The van der Waals surface area contributed by atoms with Crippen molar-refractivity contribution in [3.63, 3.8) is 0 Å². The Morgan fingerprint density at radius 2 is 2.11 bits per heavy atom. The van der Waals surface area contributed by atoms with Gasteiger partial charge in [-0.05, 0) is 36.0 Å². The maximum absolute atomic E-state index is 11.6. The lowest BCUT2D eigenvalue weighted by atomic mass is 9.87. The molecule has 0 spiro atoms. The largest absolute Gasteiger partial charge is 0.497 e. The Hall–Kier alpha value is -1.51. The molecule has 0 aliphatic heterocycles. The summed E-state index contributed by atoms with van der Waals surface area (Å²) in [6.07, 6.45) is 1.53. The molecule has 0 bridgehead atoms. The molecule has 0 aliphatic rings. The zero-order valence-corrected chi connectivity index (χ0v) is 11.7. The third-order valence-corrected chi connectivity index (χ3v) is 3.03. The van der Waals surface area contributed by atoms with Crippen LogP contribution < -0.4 is 10.1 Å². The topological polar surface area (TPSA) is 38.3 Å². The van der Waals surface area contributed by atoms with E-state index < -0.39 is 0 Å². The molecule has 0 saturated heterocycles. The molecule has 1 unspecified atom stereocenters. The van der Waals surface area contributed by atoms with Crippen molar-refractivity contribution < 1.29 is 9.53 Å². The molecule has 0 saturated carbocycles. The van der Waals surface area contributed by atoms with Crippen molar-refractivity contribution in [3.05, 3.63) is 29.8 Å². The van der Waals surface area contributed by atoms with E-state index in [1.807, 2.05) is 18.2 Å². The highest BCUT2D eigenvalue weighted by Crippen LogP contribution is 2.29. The van der Waals surface area contributed by atoms with Gasteiger partial charge in [-0.15, -0.1) is 0 Å². The van der Waals surface area contributed by atoms with Crippen molar-refractivity contribution in [1.29, 1.82) is 0 Å². The van der Waals surface area contributed by atoms with Crippen LogP contribution in [0.1, 0.15) is 38.2 Å². The van der Waals surface area contributed by atoms with Crippen LogP contribution in [0.25, 0.3) is 0 Å². The molecule has 1 atom stereocenters. The average Bonchev–Trinajstić information content (AvgIpc) is 2.37. The smallest absolute Gasteiger partial charge is 0.220 e. The van der Waals surface area contributed by atoms with E-state index in [0.29, 0.717) is 12.3 Å². The van der Waals surface area contributed by atoms with Gasteiger partial charge in [-0.2, -0.15) is 0 Å². The molecule has 0 aliphatic carbocycles. The van der Waals surface area contributed by atoms with Crippen molar-refractivity contribution in [1.82, 2.24) is 5.32 Å². The summed E-state index contributed by atoms with van der Waals surface area (Å²) in [7, 11) is 3.34. The monoisotopic (exact) mass is 249 g/mol. The lowest BCUT2D eigenvalue weighted by Gasteiger charge is -2.19. The first-order valence-corrected chi connectivity index (χ1v) is 6.41. The number of carbonyl (C=O) groups excluding carboxylic acids is 1. The number of rotatable bonds is 6. The molecule has 0 fully saturated rings. The lowest BCUT2D eigenvalue weighted by Crippen LogP contribution is -2.21. The SMILES string of the molecule is CNC(=O)CC(CC(C)C)c1cccc(OC)c1. The number of amides is 1. The van der Waals surface area contributed by atoms with E-state index in [1.165, 1.54) is 5.56 Å². The molecule has 3 nitrogen and oxygen atoms in total. The maximum atomic E-state index is 11.6. The van der Waals surface area contributed by atoms with Crippen molar-refractivity contribution >= 4 is 5.91 Å². The summed E-state index contributed by atoms with van der Waals surface area (Å²) in [5.74, 6) is 1.74. The fraction of sp³-hybridized carbons (Fsp3) is 0.533. The molecule has 100 valence electrons. The predicted molar refractivity (Wildman–Crippen MR) is 73.9 cm³/mol. The number of benzene rings is 1. The molecule has 3 heteroatoms. The highest BCUT2D eigenvalue weighted by Gasteiger charge is 2.17. The molecule has 1 N–H and O–H groups in total. The summed E-state index contributed by atoms with van der Waals surface area (Å²) in [6, 6.07) is 8.00. The van der Waals surface area contributed by atoms with E-state index in [0.717, 1.165) is 12.2 Å². The Labute approximate surface area is 110 Å². The van der Waals surface area contributed by atoms with E-state index in [9.17, 15) is 4.79 Å². The van der Waals surface area contributed by atoms with Crippen molar-refractivity contribution in [2.45, 2.75) is 32.6 Å². The van der Waals surface area contributed by atoms with Crippen LogP contribution in [-0.2, 0) is 4.79 Å². The van der Waals surface area contributed by atoms with E-state index in [4.69, 9.17) is 4.74 Å². The van der Waals surface area contributed by atoms with Crippen LogP contribution in [0.2, 0.25) is 0 Å². The first-order valence-electron chi connectivity index (χ1n) is 6.41. The summed E-state index contributed by atoms with van der Waals surface area (Å²) >= 11 is 0. The lowest BCUT2D eigenvalue weighted by molar-refractivity contribution is -0.121. The van der Waals surface area contributed by atoms with Crippen molar-refractivity contribution in [2.24, 2.45) is 5.92 Å². The van der Waals surface area contributed by atoms with Gasteiger partial charge in [0.05, 0.1) is 7.11 Å². The van der Waals surface area contributed by atoms with Gasteiger partial charge in [-0.25, -0.2) is 0 Å². The number of hydrogen-bond acceptors (Lipinski definition) is 2. The number of ether oxygens (including phenoxy) is 1. The normalized spacial score (nSPS) is 12.3. The molecular weight excluding hydrogens is 226 g/mol. The number of methoxy groups -OCH3 is 1. The van der Waals surface area contributed by atoms with Crippen LogP contribution in [0, 0.1) is 5.92 Å². The average molecular weight is 249 g/mol. The maximum Gasteiger partial charge on any atom is 0.220 e. The molecule has 0 aromatic heterocycles. The van der Waals surface area contributed by atoms with Gasteiger partial charge in [0, 0.05) is 13.5 Å². The van der Waals surface area contributed by atoms with Gasteiger partial charge in [0.1, 0.15) is 5.75 Å². The zero-order valence-electron chi connectivity index (χ0n) is 11.7. The molecule has 1 aromatic rings. The Balaban J connectivity index is 2.89. The second kappa shape index (κ2) is 7.04. The third-order valence-electron chi connectivity index (χ3n) is 3.03. The Kier molecular flexibility index (Phi) is 5.69. The van der Waals surface area contributed by atoms with Gasteiger partial charge < -0.3 is 10.1 Å². The fourth-order valence-electron chi connectivity index (χ4n) is 2.13. The second-order valence-corrected chi connectivity index (χ2v) is 4.98. The zero-order chi connectivity index (χ0) is 13.5. The molecule has 0 heterocycles. The van der Waals surface area contributed by atoms with E-state index >= 15 is 0 Å². The van der Waals surface area contributed by atoms with Gasteiger partial charge >= 0.3 is 0 Å². The molecule has 18 heavy (non-hydrogen) atoms.